The summed E-state index contributed by atoms with van der Waals surface area (Å²) in [6.07, 6.45) is 1.50. The largest absolute Gasteiger partial charge is 0.453 e. The molecule has 2 aromatic heterocycles. The van der Waals surface area contributed by atoms with Crippen molar-refractivity contribution in [2.75, 3.05) is 5.73 Å². The monoisotopic (exact) mass is 303 g/mol. The van der Waals surface area contributed by atoms with Crippen LogP contribution in [0.4, 0.5) is 10.1 Å². The van der Waals surface area contributed by atoms with Gasteiger partial charge in [-0.1, -0.05) is 12.1 Å². The fourth-order valence-corrected chi connectivity index (χ4v) is 2.86. The van der Waals surface area contributed by atoms with Crippen molar-refractivity contribution in [2.45, 2.75) is 0 Å². The van der Waals surface area contributed by atoms with Crippen LogP contribution in [0.25, 0.3) is 10.2 Å². The number of carbonyl (C=O) groups excluding carboxylic acids is 1. The normalized spacial score (nSPS) is 10.7. The zero-order valence-corrected chi connectivity index (χ0v) is 11.5. The smallest absolute Gasteiger partial charge is 0.260 e. The SMILES string of the molecule is NC(=O)c1sc2nccc(Oc3ccccc3F)c2c1N. The third kappa shape index (κ3) is 2.27. The number of amides is 1. The van der Waals surface area contributed by atoms with E-state index in [1.54, 1.807) is 18.2 Å². The zero-order chi connectivity index (χ0) is 15.0. The Morgan fingerprint density at radius 3 is 2.71 bits per heavy atom. The van der Waals surface area contributed by atoms with Crippen molar-refractivity contribution in [1.82, 2.24) is 4.98 Å². The van der Waals surface area contributed by atoms with Crippen molar-refractivity contribution in [3.05, 3.63) is 47.2 Å². The highest BCUT2D eigenvalue weighted by Gasteiger charge is 2.19. The number of primary amides is 1. The van der Waals surface area contributed by atoms with Crippen molar-refractivity contribution in [1.29, 1.82) is 0 Å². The topological polar surface area (TPSA) is 91.2 Å². The van der Waals surface area contributed by atoms with Gasteiger partial charge in [-0.2, -0.15) is 0 Å². The van der Waals surface area contributed by atoms with E-state index in [-0.39, 0.29) is 16.3 Å². The number of anilines is 1. The van der Waals surface area contributed by atoms with Crippen molar-refractivity contribution < 1.29 is 13.9 Å². The molecule has 0 saturated heterocycles. The number of nitrogen functional groups attached to an aromatic ring is 1. The van der Waals surface area contributed by atoms with Crippen LogP contribution in [0.15, 0.2) is 36.5 Å². The van der Waals surface area contributed by atoms with Gasteiger partial charge in [-0.3, -0.25) is 4.79 Å². The van der Waals surface area contributed by atoms with Gasteiger partial charge < -0.3 is 16.2 Å². The number of hydrogen-bond donors (Lipinski definition) is 2. The molecule has 106 valence electrons. The van der Waals surface area contributed by atoms with Crippen LogP contribution >= 0.6 is 11.3 Å². The van der Waals surface area contributed by atoms with E-state index in [2.05, 4.69) is 4.98 Å². The van der Waals surface area contributed by atoms with Gasteiger partial charge in [0.2, 0.25) is 0 Å². The van der Waals surface area contributed by atoms with Gasteiger partial charge in [-0.15, -0.1) is 11.3 Å². The summed E-state index contributed by atoms with van der Waals surface area (Å²) >= 11 is 1.08. The molecule has 0 radical (unpaired) electrons. The maximum atomic E-state index is 13.7. The fourth-order valence-electron chi connectivity index (χ4n) is 1.93. The maximum absolute atomic E-state index is 13.7. The quantitative estimate of drug-likeness (QED) is 0.778. The Morgan fingerprint density at radius 2 is 2.00 bits per heavy atom. The molecule has 0 saturated carbocycles. The lowest BCUT2D eigenvalue weighted by atomic mass is 10.2. The first-order chi connectivity index (χ1) is 10.1. The predicted molar refractivity (Wildman–Crippen MR) is 79.0 cm³/mol. The second-order valence-corrected chi connectivity index (χ2v) is 5.23. The molecule has 0 aliphatic heterocycles. The molecular formula is C14H10FN3O2S. The molecule has 7 heteroatoms. The molecule has 1 amide bonds. The van der Waals surface area contributed by atoms with Crippen LogP contribution in [0, 0.1) is 5.82 Å². The molecule has 21 heavy (non-hydrogen) atoms. The van der Waals surface area contributed by atoms with Crippen LogP contribution in [-0.2, 0) is 0 Å². The van der Waals surface area contributed by atoms with Gasteiger partial charge in [0.15, 0.2) is 11.6 Å². The Balaban J connectivity index is 2.15. The standard InChI is InChI=1S/C14H10FN3O2S/c15-7-3-1-2-4-8(7)20-9-5-6-18-14-10(9)11(16)12(21-14)13(17)19/h1-6H,16H2,(H2,17,19). The first-order valence-corrected chi connectivity index (χ1v) is 6.78. The molecule has 3 rings (SSSR count). The Labute approximate surface area is 123 Å². The lowest BCUT2D eigenvalue weighted by Gasteiger charge is -2.08. The molecule has 4 N–H and O–H groups in total. The highest BCUT2D eigenvalue weighted by atomic mass is 32.1. The van der Waals surface area contributed by atoms with E-state index in [4.69, 9.17) is 16.2 Å². The number of hydrogen-bond acceptors (Lipinski definition) is 5. The first-order valence-electron chi connectivity index (χ1n) is 5.97. The molecule has 2 heterocycles. The first kappa shape index (κ1) is 13.3. The lowest BCUT2D eigenvalue weighted by Crippen LogP contribution is -2.10. The maximum Gasteiger partial charge on any atom is 0.260 e. The van der Waals surface area contributed by atoms with Crippen LogP contribution in [-0.4, -0.2) is 10.9 Å². The number of nitrogens with two attached hydrogens (primary N) is 2. The van der Waals surface area contributed by atoms with E-state index in [0.29, 0.717) is 16.0 Å². The number of halogens is 1. The van der Waals surface area contributed by atoms with Crippen LogP contribution in [0.2, 0.25) is 0 Å². The predicted octanol–water partition coefficient (Wildman–Crippen LogP) is 2.91. The Morgan fingerprint density at radius 1 is 1.24 bits per heavy atom. The molecule has 0 aliphatic carbocycles. The molecule has 0 atom stereocenters. The molecule has 0 bridgehead atoms. The van der Waals surface area contributed by atoms with E-state index in [9.17, 15) is 9.18 Å². The molecule has 1 aromatic carbocycles. The van der Waals surface area contributed by atoms with Crippen molar-refractivity contribution in [2.24, 2.45) is 5.73 Å². The fraction of sp³-hybridized carbons (Fsp3) is 0. The number of benzene rings is 1. The number of pyridine rings is 1. The average Bonchev–Trinajstić information content (AvgIpc) is 2.80. The van der Waals surface area contributed by atoms with Gasteiger partial charge in [0.25, 0.3) is 5.91 Å². The second-order valence-electron chi connectivity index (χ2n) is 4.23. The van der Waals surface area contributed by atoms with E-state index in [0.717, 1.165) is 11.3 Å². The number of para-hydroxylation sites is 1. The van der Waals surface area contributed by atoms with E-state index >= 15 is 0 Å². The highest BCUT2D eigenvalue weighted by molar-refractivity contribution is 7.21. The Hall–Kier alpha value is -2.67. The van der Waals surface area contributed by atoms with Gasteiger partial charge in [-0.25, -0.2) is 9.37 Å². The number of carbonyl (C=O) groups is 1. The van der Waals surface area contributed by atoms with E-state index < -0.39 is 11.7 Å². The molecule has 5 nitrogen and oxygen atoms in total. The number of rotatable bonds is 3. The number of fused-ring (bicyclic) bond motifs is 1. The summed E-state index contributed by atoms with van der Waals surface area (Å²) in [6, 6.07) is 7.57. The number of ether oxygens (including phenoxy) is 1. The average molecular weight is 303 g/mol. The third-order valence-electron chi connectivity index (χ3n) is 2.87. The van der Waals surface area contributed by atoms with Crippen LogP contribution in [0.3, 0.4) is 0 Å². The summed E-state index contributed by atoms with van der Waals surface area (Å²) in [6.45, 7) is 0. The van der Waals surface area contributed by atoms with Crippen LogP contribution < -0.4 is 16.2 Å². The van der Waals surface area contributed by atoms with Gasteiger partial charge >= 0.3 is 0 Å². The van der Waals surface area contributed by atoms with Crippen LogP contribution in [0.5, 0.6) is 11.5 Å². The highest BCUT2D eigenvalue weighted by Crippen LogP contribution is 2.39. The molecule has 0 unspecified atom stereocenters. The third-order valence-corrected chi connectivity index (χ3v) is 4.00. The van der Waals surface area contributed by atoms with Crippen molar-refractivity contribution >= 4 is 33.1 Å². The van der Waals surface area contributed by atoms with Crippen molar-refractivity contribution in [3.63, 3.8) is 0 Å². The van der Waals surface area contributed by atoms with Gasteiger partial charge in [-0.05, 0) is 18.2 Å². The number of nitrogens with zero attached hydrogens (tertiary/aromatic N) is 1. The molecule has 0 spiro atoms. The van der Waals surface area contributed by atoms with Gasteiger partial charge in [0, 0.05) is 6.20 Å². The minimum Gasteiger partial charge on any atom is -0.453 e. The summed E-state index contributed by atoms with van der Waals surface area (Å²) in [4.78, 5) is 16.2. The Bertz CT molecular complexity index is 847. The van der Waals surface area contributed by atoms with Crippen molar-refractivity contribution in [3.8, 4) is 11.5 Å². The minimum absolute atomic E-state index is 0.0659. The second kappa shape index (κ2) is 5.02. The summed E-state index contributed by atoms with van der Waals surface area (Å²) in [5.41, 5.74) is 11.4. The number of aromatic nitrogens is 1. The van der Waals surface area contributed by atoms with E-state index in [1.165, 1.54) is 18.3 Å². The molecule has 3 aromatic rings. The molecular weight excluding hydrogens is 293 g/mol. The summed E-state index contributed by atoms with van der Waals surface area (Å²) in [7, 11) is 0. The minimum atomic E-state index is -0.632. The summed E-state index contributed by atoms with van der Waals surface area (Å²) in [5, 5.41) is 0.458. The van der Waals surface area contributed by atoms with Crippen LogP contribution in [0.1, 0.15) is 9.67 Å². The Kier molecular flexibility index (Phi) is 3.19. The van der Waals surface area contributed by atoms with E-state index in [1.807, 2.05) is 0 Å². The summed E-state index contributed by atoms with van der Waals surface area (Å²) < 4.78 is 19.2. The number of thiophene rings is 1. The molecule has 0 fully saturated rings. The summed E-state index contributed by atoms with van der Waals surface area (Å²) in [5.74, 6) is -0.735. The lowest BCUT2D eigenvalue weighted by molar-refractivity contribution is 0.100. The van der Waals surface area contributed by atoms with Gasteiger partial charge in [0.1, 0.15) is 15.5 Å². The van der Waals surface area contributed by atoms with Gasteiger partial charge in [0.05, 0.1) is 11.1 Å². The molecule has 0 aliphatic rings. The zero-order valence-electron chi connectivity index (χ0n) is 10.7.